The van der Waals surface area contributed by atoms with Crippen molar-refractivity contribution < 1.29 is 17.9 Å². The van der Waals surface area contributed by atoms with Crippen LogP contribution in [-0.2, 0) is 15.6 Å². The van der Waals surface area contributed by atoms with Crippen molar-refractivity contribution in [1.82, 2.24) is 15.3 Å². The fourth-order valence-electron chi connectivity index (χ4n) is 3.76. The molecule has 9 heteroatoms. The van der Waals surface area contributed by atoms with Crippen LogP contribution in [0.2, 0.25) is 0 Å². The summed E-state index contributed by atoms with van der Waals surface area (Å²) in [5.74, 6) is 1.14. The molecule has 0 atom stereocenters. The SMILES string of the molecule is CS(=O)(=O)Cc1cccc(Nc2nccc(Oc3ccc4c(C(=O)NC5CC5)cccc4c3)n2)c1. The van der Waals surface area contributed by atoms with E-state index in [0.29, 0.717) is 40.4 Å². The van der Waals surface area contributed by atoms with Gasteiger partial charge in [-0.1, -0.05) is 24.3 Å². The quantitative estimate of drug-likeness (QED) is 0.373. The topological polar surface area (TPSA) is 110 Å². The number of nitrogens with zero attached hydrogens (tertiary/aromatic N) is 2. The van der Waals surface area contributed by atoms with Crippen LogP contribution in [0.5, 0.6) is 11.6 Å². The van der Waals surface area contributed by atoms with Gasteiger partial charge in [-0.15, -0.1) is 0 Å². The minimum atomic E-state index is -3.14. The van der Waals surface area contributed by atoms with Crippen molar-refractivity contribution in [3.8, 4) is 11.6 Å². The maximum absolute atomic E-state index is 12.6. The van der Waals surface area contributed by atoms with Gasteiger partial charge in [-0.2, -0.15) is 4.98 Å². The van der Waals surface area contributed by atoms with Crippen molar-refractivity contribution >= 4 is 38.2 Å². The maximum atomic E-state index is 12.6. The minimum absolute atomic E-state index is 0.0432. The zero-order valence-electron chi connectivity index (χ0n) is 19.1. The summed E-state index contributed by atoms with van der Waals surface area (Å²) in [5.41, 5.74) is 1.99. The van der Waals surface area contributed by atoms with Gasteiger partial charge in [-0.05, 0) is 65.6 Å². The van der Waals surface area contributed by atoms with Crippen LogP contribution >= 0.6 is 0 Å². The Bertz CT molecular complexity index is 1520. The van der Waals surface area contributed by atoms with Crippen molar-refractivity contribution in [2.24, 2.45) is 0 Å². The molecule has 2 N–H and O–H groups in total. The molecule has 0 radical (unpaired) electrons. The van der Waals surface area contributed by atoms with Gasteiger partial charge < -0.3 is 15.4 Å². The summed E-state index contributed by atoms with van der Waals surface area (Å²) in [4.78, 5) is 21.2. The fraction of sp³-hybridized carbons (Fsp3) is 0.192. The van der Waals surface area contributed by atoms with Crippen LogP contribution in [-0.4, -0.2) is 36.6 Å². The van der Waals surface area contributed by atoms with Crippen LogP contribution in [0.15, 0.2) is 72.9 Å². The van der Waals surface area contributed by atoms with E-state index in [1.54, 1.807) is 36.5 Å². The third-order valence-electron chi connectivity index (χ3n) is 5.47. The number of fused-ring (bicyclic) bond motifs is 1. The second kappa shape index (κ2) is 9.34. The van der Waals surface area contributed by atoms with Gasteiger partial charge >= 0.3 is 0 Å². The Balaban J connectivity index is 1.32. The lowest BCUT2D eigenvalue weighted by Gasteiger charge is -2.11. The highest BCUT2D eigenvalue weighted by molar-refractivity contribution is 7.89. The molecule has 1 heterocycles. The molecule has 1 aromatic heterocycles. The van der Waals surface area contributed by atoms with E-state index in [4.69, 9.17) is 4.74 Å². The molecule has 1 fully saturated rings. The van der Waals surface area contributed by atoms with Crippen molar-refractivity contribution in [3.63, 3.8) is 0 Å². The third-order valence-corrected chi connectivity index (χ3v) is 6.33. The van der Waals surface area contributed by atoms with Crippen LogP contribution in [0.25, 0.3) is 10.8 Å². The van der Waals surface area contributed by atoms with Gasteiger partial charge in [-0.3, -0.25) is 4.79 Å². The predicted octanol–water partition coefficient (Wildman–Crippen LogP) is 4.60. The molecule has 1 aliphatic rings. The van der Waals surface area contributed by atoms with E-state index in [-0.39, 0.29) is 11.7 Å². The Morgan fingerprint density at radius 2 is 1.89 bits per heavy atom. The fourth-order valence-corrected chi connectivity index (χ4v) is 4.55. The van der Waals surface area contributed by atoms with Gasteiger partial charge in [0.15, 0.2) is 9.84 Å². The normalized spacial score (nSPS) is 13.4. The number of aromatic nitrogens is 2. The molecule has 1 aliphatic carbocycles. The van der Waals surface area contributed by atoms with Gasteiger partial charge in [0, 0.05) is 35.8 Å². The smallest absolute Gasteiger partial charge is 0.252 e. The molecule has 0 bridgehead atoms. The van der Waals surface area contributed by atoms with Gasteiger partial charge in [0.1, 0.15) is 5.75 Å². The van der Waals surface area contributed by atoms with Gasteiger partial charge in [0.2, 0.25) is 11.8 Å². The summed E-state index contributed by atoms with van der Waals surface area (Å²) in [6, 6.07) is 20.2. The molecular weight excluding hydrogens is 464 g/mol. The second-order valence-corrected chi connectivity index (χ2v) is 10.8. The lowest BCUT2D eigenvalue weighted by atomic mass is 10.0. The maximum Gasteiger partial charge on any atom is 0.252 e. The number of carbonyl (C=O) groups excluding carboxylic acids is 1. The molecule has 3 aromatic carbocycles. The second-order valence-electron chi connectivity index (χ2n) is 8.65. The Morgan fingerprint density at radius 3 is 2.69 bits per heavy atom. The van der Waals surface area contributed by atoms with Gasteiger partial charge in [0.05, 0.1) is 5.75 Å². The molecule has 178 valence electrons. The Labute approximate surface area is 203 Å². The van der Waals surface area contributed by atoms with E-state index >= 15 is 0 Å². The first-order valence-electron chi connectivity index (χ1n) is 11.2. The van der Waals surface area contributed by atoms with Crippen LogP contribution < -0.4 is 15.4 Å². The number of nitrogens with one attached hydrogen (secondary N) is 2. The number of rotatable bonds is 8. The summed E-state index contributed by atoms with van der Waals surface area (Å²) in [5, 5.41) is 7.87. The number of ether oxygens (including phenoxy) is 1. The average Bonchev–Trinajstić information content (AvgIpc) is 3.62. The summed E-state index contributed by atoms with van der Waals surface area (Å²) >= 11 is 0. The number of hydrogen-bond donors (Lipinski definition) is 2. The van der Waals surface area contributed by atoms with Crippen molar-refractivity contribution in [3.05, 3.63) is 84.1 Å². The molecule has 5 rings (SSSR count). The van der Waals surface area contributed by atoms with Crippen LogP contribution in [0.3, 0.4) is 0 Å². The van der Waals surface area contributed by atoms with E-state index in [9.17, 15) is 13.2 Å². The minimum Gasteiger partial charge on any atom is -0.439 e. The van der Waals surface area contributed by atoms with Crippen molar-refractivity contribution in [2.75, 3.05) is 11.6 Å². The molecule has 0 saturated heterocycles. The Morgan fingerprint density at radius 1 is 1.06 bits per heavy atom. The molecule has 0 aliphatic heterocycles. The zero-order chi connectivity index (χ0) is 24.4. The Hall–Kier alpha value is -3.98. The monoisotopic (exact) mass is 488 g/mol. The number of sulfone groups is 1. The summed E-state index contributed by atoms with van der Waals surface area (Å²) < 4.78 is 29.1. The molecule has 4 aromatic rings. The first kappa shape index (κ1) is 22.8. The van der Waals surface area contributed by atoms with E-state index < -0.39 is 9.84 Å². The van der Waals surface area contributed by atoms with E-state index in [1.807, 2.05) is 36.4 Å². The lowest BCUT2D eigenvalue weighted by molar-refractivity contribution is 0.0952. The van der Waals surface area contributed by atoms with Crippen LogP contribution in [0, 0.1) is 0 Å². The number of amides is 1. The molecule has 35 heavy (non-hydrogen) atoms. The van der Waals surface area contributed by atoms with E-state index in [0.717, 1.165) is 23.6 Å². The van der Waals surface area contributed by atoms with Gasteiger partial charge in [-0.25, -0.2) is 13.4 Å². The number of anilines is 2. The summed E-state index contributed by atoms with van der Waals surface area (Å²) in [7, 11) is -3.14. The summed E-state index contributed by atoms with van der Waals surface area (Å²) in [6.07, 6.45) is 4.85. The molecule has 8 nitrogen and oxygen atoms in total. The highest BCUT2D eigenvalue weighted by atomic mass is 32.2. The van der Waals surface area contributed by atoms with E-state index in [1.165, 1.54) is 6.26 Å². The molecular formula is C26H24N4O4S. The highest BCUT2D eigenvalue weighted by Gasteiger charge is 2.24. The third kappa shape index (κ3) is 5.93. The van der Waals surface area contributed by atoms with E-state index in [2.05, 4.69) is 20.6 Å². The first-order chi connectivity index (χ1) is 16.8. The molecule has 1 saturated carbocycles. The molecule has 0 unspecified atom stereocenters. The van der Waals surface area contributed by atoms with Gasteiger partial charge in [0.25, 0.3) is 5.91 Å². The summed E-state index contributed by atoms with van der Waals surface area (Å²) in [6.45, 7) is 0. The first-order valence-corrected chi connectivity index (χ1v) is 13.3. The number of carbonyl (C=O) groups is 1. The van der Waals surface area contributed by atoms with Crippen LogP contribution in [0.1, 0.15) is 28.8 Å². The van der Waals surface area contributed by atoms with Crippen molar-refractivity contribution in [1.29, 1.82) is 0 Å². The average molecular weight is 489 g/mol. The largest absolute Gasteiger partial charge is 0.439 e. The van der Waals surface area contributed by atoms with Crippen molar-refractivity contribution in [2.45, 2.75) is 24.6 Å². The van der Waals surface area contributed by atoms with Crippen LogP contribution in [0.4, 0.5) is 11.6 Å². The molecule has 0 spiro atoms. The standard InChI is InChI=1S/C26H24N4O4S/c1-35(32,33)16-17-4-2-6-20(14-17)29-26-27-13-12-24(30-26)34-21-10-11-22-18(15-21)5-3-7-23(22)25(31)28-19-8-9-19/h2-7,10-15,19H,8-9,16H2,1H3,(H,28,31)(H,27,29,30). The molecule has 1 amide bonds. The highest BCUT2D eigenvalue weighted by Crippen LogP contribution is 2.28. The number of hydrogen-bond acceptors (Lipinski definition) is 7. The predicted molar refractivity (Wildman–Crippen MR) is 135 cm³/mol. The zero-order valence-corrected chi connectivity index (χ0v) is 19.9. The number of benzene rings is 3. The Kier molecular flexibility index (Phi) is 6.08. The lowest BCUT2D eigenvalue weighted by Crippen LogP contribution is -2.25.